The molecule has 0 bridgehead atoms. The fourth-order valence-corrected chi connectivity index (χ4v) is 3.77. The Morgan fingerprint density at radius 3 is 2.44 bits per heavy atom. The first-order valence-corrected chi connectivity index (χ1v) is 7.71. The lowest BCUT2D eigenvalue weighted by molar-refractivity contribution is -0.140. The van der Waals surface area contributed by atoms with E-state index in [4.69, 9.17) is 5.73 Å². The minimum atomic E-state index is 0.175. The summed E-state index contributed by atoms with van der Waals surface area (Å²) in [5.41, 5.74) is 6.13. The second kappa shape index (κ2) is 6.05. The van der Waals surface area contributed by atoms with Crippen molar-refractivity contribution in [2.75, 3.05) is 6.54 Å². The Kier molecular flexibility index (Phi) is 4.66. The molecule has 0 aromatic rings. The van der Waals surface area contributed by atoms with Crippen molar-refractivity contribution in [3.8, 4) is 0 Å². The Morgan fingerprint density at radius 1 is 1.17 bits per heavy atom. The molecule has 0 saturated heterocycles. The monoisotopic (exact) mass is 252 g/mol. The van der Waals surface area contributed by atoms with Gasteiger partial charge in [-0.15, -0.1) is 0 Å². The van der Waals surface area contributed by atoms with Crippen molar-refractivity contribution < 1.29 is 4.79 Å². The van der Waals surface area contributed by atoms with Crippen molar-refractivity contribution in [3.63, 3.8) is 0 Å². The summed E-state index contributed by atoms with van der Waals surface area (Å²) in [4.78, 5) is 14.9. The second-order valence-corrected chi connectivity index (χ2v) is 6.12. The number of carbonyl (C=O) groups is 1. The van der Waals surface area contributed by atoms with E-state index in [1.54, 1.807) is 0 Å². The molecule has 0 heterocycles. The summed E-state index contributed by atoms with van der Waals surface area (Å²) < 4.78 is 0. The van der Waals surface area contributed by atoms with Crippen molar-refractivity contribution in [1.29, 1.82) is 0 Å². The Balaban J connectivity index is 2.03. The fourth-order valence-electron chi connectivity index (χ4n) is 3.77. The van der Waals surface area contributed by atoms with Gasteiger partial charge in [-0.05, 0) is 38.5 Å². The van der Waals surface area contributed by atoms with Gasteiger partial charge in [0, 0.05) is 24.5 Å². The molecule has 0 aromatic heterocycles. The molecule has 2 N–H and O–H groups in total. The Labute approximate surface area is 111 Å². The molecule has 104 valence electrons. The van der Waals surface area contributed by atoms with Crippen LogP contribution in [-0.4, -0.2) is 29.4 Å². The minimum absolute atomic E-state index is 0.175. The molecule has 2 aliphatic carbocycles. The molecular weight excluding hydrogens is 224 g/mol. The van der Waals surface area contributed by atoms with Crippen molar-refractivity contribution in [2.24, 2.45) is 17.6 Å². The van der Waals surface area contributed by atoms with Gasteiger partial charge in [0.15, 0.2) is 0 Å². The zero-order valence-corrected chi connectivity index (χ0v) is 11.9. The van der Waals surface area contributed by atoms with Crippen LogP contribution in [0.4, 0.5) is 0 Å². The molecule has 0 spiro atoms. The molecule has 1 amide bonds. The quantitative estimate of drug-likeness (QED) is 0.839. The van der Waals surface area contributed by atoms with Gasteiger partial charge in [0.2, 0.25) is 5.91 Å². The lowest BCUT2D eigenvalue weighted by Crippen LogP contribution is -2.48. The predicted molar refractivity (Wildman–Crippen MR) is 74.1 cm³/mol. The minimum Gasteiger partial charge on any atom is -0.340 e. The number of hydrogen-bond acceptors (Lipinski definition) is 2. The number of nitrogens with two attached hydrogens (primary N) is 1. The molecule has 3 unspecified atom stereocenters. The summed E-state index contributed by atoms with van der Waals surface area (Å²) in [6.07, 6.45) is 8.21. The van der Waals surface area contributed by atoms with Crippen LogP contribution in [0.3, 0.4) is 0 Å². The highest BCUT2D eigenvalue weighted by Gasteiger charge is 2.37. The van der Waals surface area contributed by atoms with Gasteiger partial charge >= 0.3 is 0 Å². The molecule has 2 fully saturated rings. The molecule has 3 heteroatoms. The van der Waals surface area contributed by atoms with Crippen LogP contribution in [0.1, 0.15) is 58.8 Å². The lowest BCUT2D eigenvalue weighted by atomic mass is 9.76. The summed E-state index contributed by atoms with van der Waals surface area (Å²) >= 11 is 0. The van der Waals surface area contributed by atoms with E-state index in [1.807, 2.05) is 0 Å². The maximum absolute atomic E-state index is 12.7. The van der Waals surface area contributed by atoms with Crippen molar-refractivity contribution in [2.45, 2.75) is 70.9 Å². The summed E-state index contributed by atoms with van der Waals surface area (Å²) in [7, 11) is 0. The van der Waals surface area contributed by atoms with Gasteiger partial charge in [-0.1, -0.05) is 26.2 Å². The smallest absolute Gasteiger partial charge is 0.226 e. The van der Waals surface area contributed by atoms with Gasteiger partial charge in [0.1, 0.15) is 0 Å². The highest BCUT2D eigenvalue weighted by Crippen LogP contribution is 2.33. The first kappa shape index (κ1) is 13.9. The van der Waals surface area contributed by atoms with Crippen molar-refractivity contribution in [1.82, 2.24) is 4.90 Å². The Morgan fingerprint density at radius 2 is 1.83 bits per heavy atom. The maximum atomic E-state index is 12.7. The van der Waals surface area contributed by atoms with Crippen LogP contribution in [0, 0.1) is 11.8 Å². The molecular formula is C15H28N2O. The van der Waals surface area contributed by atoms with Crippen molar-refractivity contribution >= 4 is 5.91 Å². The van der Waals surface area contributed by atoms with E-state index >= 15 is 0 Å². The van der Waals surface area contributed by atoms with Gasteiger partial charge in [-0.2, -0.15) is 0 Å². The highest BCUT2D eigenvalue weighted by molar-refractivity contribution is 5.79. The number of hydrogen-bond donors (Lipinski definition) is 1. The largest absolute Gasteiger partial charge is 0.340 e. The predicted octanol–water partition coefficient (Wildman–Crippen LogP) is 2.54. The summed E-state index contributed by atoms with van der Waals surface area (Å²) in [6, 6.07) is 0.725. The highest BCUT2D eigenvalue weighted by atomic mass is 16.2. The summed E-state index contributed by atoms with van der Waals surface area (Å²) in [6.45, 7) is 5.14. The van der Waals surface area contributed by atoms with E-state index < -0.39 is 0 Å². The zero-order valence-electron chi connectivity index (χ0n) is 11.9. The van der Waals surface area contributed by atoms with Gasteiger partial charge in [0.05, 0.1) is 0 Å². The van der Waals surface area contributed by atoms with E-state index in [0.717, 1.165) is 25.8 Å². The second-order valence-electron chi connectivity index (χ2n) is 6.12. The van der Waals surface area contributed by atoms with Crippen LogP contribution in [0.2, 0.25) is 0 Å². The summed E-state index contributed by atoms with van der Waals surface area (Å²) in [5.74, 6) is 0.906. The third kappa shape index (κ3) is 2.71. The number of nitrogens with zero attached hydrogens (tertiary/aromatic N) is 1. The normalized spacial score (nSPS) is 33.6. The van der Waals surface area contributed by atoms with Gasteiger partial charge in [-0.25, -0.2) is 0 Å². The van der Waals surface area contributed by atoms with Crippen molar-refractivity contribution in [3.05, 3.63) is 0 Å². The first-order valence-electron chi connectivity index (χ1n) is 7.71. The van der Waals surface area contributed by atoms with Crippen LogP contribution >= 0.6 is 0 Å². The van der Waals surface area contributed by atoms with E-state index in [-0.39, 0.29) is 12.0 Å². The molecule has 3 atom stereocenters. The van der Waals surface area contributed by atoms with E-state index in [0.29, 0.717) is 17.9 Å². The number of rotatable bonds is 3. The molecule has 2 rings (SSSR count). The lowest BCUT2D eigenvalue weighted by Gasteiger charge is -2.38. The van der Waals surface area contributed by atoms with Gasteiger partial charge in [-0.3, -0.25) is 4.79 Å². The average molecular weight is 252 g/mol. The van der Waals surface area contributed by atoms with Crippen LogP contribution in [0.5, 0.6) is 0 Å². The standard InChI is InChI=1S/C15H28N2O/c1-3-17(12-7-4-5-8-12)15(18)13-9-6-10-14(16)11(13)2/h11-14H,3-10,16H2,1-2H3. The van der Waals surface area contributed by atoms with Crippen LogP contribution < -0.4 is 5.73 Å². The maximum Gasteiger partial charge on any atom is 0.226 e. The third-order valence-electron chi connectivity index (χ3n) is 5.07. The van der Waals surface area contributed by atoms with Crippen LogP contribution in [-0.2, 0) is 4.79 Å². The zero-order chi connectivity index (χ0) is 13.1. The third-order valence-corrected chi connectivity index (χ3v) is 5.07. The van der Waals surface area contributed by atoms with E-state index in [9.17, 15) is 4.79 Å². The molecule has 18 heavy (non-hydrogen) atoms. The van der Waals surface area contributed by atoms with E-state index in [1.165, 1.54) is 25.7 Å². The fraction of sp³-hybridized carbons (Fsp3) is 0.933. The average Bonchev–Trinajstić information content (AvgIpc) is 2.87. The molecule has 2 aliphatic rings. The Hall–Kier alpha value is -0.570. The molecule has 0 radical (unpaired) electrons. The van der Waals surface area contributed by atoms with Crippen LogP contribution in [0.25, 0.3) is 0 Å². The molecule has 3 nitrogen and oxygen atoms in total. The van der Waals surface area contributed by atoms with Gasteiger partial charge < -0.3 is 10.6 Å². The summed E-state index contributed by atoms with van der Waals surface area (Å²) in [5, 5.41) is 0. The van der Waals surface area contributed by atoms with E-state index in [2.05, 4.69) is 18.7 Å². The molecule has 0 aliphatic heterocycles. The molecule has 0 aromatic carbocycles. The first-order chi connectivity index (χ1) is 8.65. The van der Waals surface area contributed by atoms with Gasteiger partial charge in [0.25, 0.3) is 0 Å². The number of carbonyl (C=O) groups excluding carboxylic acids is 1. The Bertz CT molecular complexity index is 280. The SMILES string of the molecule is CCN(C(=O)C1CCCC(N)C1C)C1CCCC1. The topological polar surface area (TPSA) is 46.3 Å². The van der Waals surface area contributed by atoms with Crippen LogP contribution in [0.15, 0.2) is 0 Å². The molecule has 2 saturated carbocycles. The number of amides is 1.